The molecule has 2 aromatic rings. The molecule has 0 bridgehead atoms. The molecule has 1 aliphatic rings. The lowest BCUT2D eigenvalue weighted by Crippen LogP contribution is -2.15. The standard InChI is InChI=1S/C14H13N3O2/c1-16-9-15-13-6-5-11(8-14(13)16)10-3-2-4-12(7-10)17(18)19/h2-8,15H,9H2,1H3. The van der Waals surface area contributed by atoms with Crippen molar-refractivity contribution in [3.8, 4) is 11.1 Å². The highest BCUT2D eigenvalue weighted by molar-refractivity contribution is 5.81. The first kappa shape index (κ1) is 11.5. The number of nitro benzene ring substituents is 1. The van der Waals surface area contributed by atoms with E-state index in [4.69, 9.17) is 0 Å². The summed E-state index contributed by atoms with van der Waals surface area (Å²) < 4.78 is 0. The molecule has 0 spiro atoms. The van der Waals surface area contributed by atoms with Gasteiger partial charge < -0.3 is 10.2 Å². The summed E-state index contributed by atoms with van der Waals surface area (Å²) in [4.78, 5) is 12.5. The molecule has 2 aromatic carbocycles. The Balaban J connectivity index is 2.05. The van der Waals surface area contributed by atoms with Crippen LogP contribution in [-0.4, -0.2) is 18.6 Å². The zero-order valence-electron chi connectivity index (χ0n) is 10.5. The van der Waals surface area contributed by atoms with E-state index >= 15 is 0 Å². The molecule has 0 unspecified atom stereocenters. The van der Waals surface area contributed by atoms with Crippen LogP contribution in [0, 0.1) is 10.1 Å². The molecule has 5 nitrogen and oxygen atoms in total. The number of nitro groups is 1. The molecule has 5 heteroatoms. The number of non-ortho nitro benzene ring substituents is 1. The molecule has 1 heterocycles. The van der Waals surface area contributed by atoms with Gasteiger partial charge in [-0.2, -0.15) is 0 Å². The molecule has 0 atom stereocenters. The van der Waals surface area contributed by atoms with Crippen LogP contribution >= 0.6 is 0 Å². The minimum absolute atomic E-state index is 0.115. The maximum Gasteiger partial charge on any atom is 0.270 e. The molecular weight excluding hydrogens is 242 g/mol. The molecule has 3 rings (SSSR count). The van der Waals surface area contributed by atoms with E-state index in [1.807, 2.05) is 31.3 Å². The van der Waals surface area contributed by atoms with Gasteiger partial charge in [-0.05, 0) is 23.3 Å². The van der Waals surface area contributed by atoms with Crippen molar-refractivity contribution in [1.82, 2.24) is 0 Å². The predicted molar refractivity (Wildman–Crippen MR) is 75.4 cm³/mol. The second kappa shape index (κ2) is 4.28. The molecule has 1 N–H and O–H groups in total. The van der Waals surface area contributed by atoms with Gasteiger partial charge in [0.2, 0.25) is 0 Å². The van der Waals surface area contributed by atoms with Crippen molar-refractivity contribution in [2.24, 2.45) is 0 Å². The van der Waals surface area contributed by atoms with Crippen LogP contribution in [-0.2, 0) is 0 Å². The van der Waals surface area contributed by atoms with Gasteiger partial charge in [0.15, 0.2) is 0 Å². The quantitative estimate of drug-likeness (QED) is 0.661. The zero-order chi connectivity index (χ0) is 13.4. The monoisotopic (exact) mass is 255 g/mol. The van der Waals surface area contributed by atoms with Crippen LogP contribution in [0.4, 0.5) is 17.1 Å². The molecule has 0 radical (unpaired) electrons. The molecule has 1 aliphatic heterocycles. The zero-order valence-corrected chi connectivity index (χ0v) is 10.5. The number of anilines is 2. The molecular formula is C14H13N3O2. The smallest absolute Gasteiger partial charge is 0.270 e. The van der Waals surface area contributed by atoms with Crippen molar-refractivity contribution in [2.45, 2.75) is 0 Å². The summed E-state index contributed by atoms with van der Waals surface area (Å²) in [6, 6.07) is 12.7. The fraction of sp³-hybridized carbons (Fsp3) is 0.143. The molecule has 0 aromatic heterocycles. The second-order valence-electron chi connectivity index (χ2n) is 4.57. The number of rotatable bonds is 2. The molecule has 0 saturated carbocycles. The van der Waals surface area contributed by atoms with Crippen molar-refractivity contribution in [3.63, 3.8) is 0 Å². The van der Waals surface area contributed by atoms with E-state index in [1.54, 1.807) is 12.1 Å². The van der Waals surface area contributed by atoms with Gasteiger partial charge in [-0.15, -0.1) is 0 Å². The highest BCUT2D eigenvalue weighted by atomic mass is 16.6. The normalized spacial score (nSPS) is 13.0. The summed E-state index contributed by atoms with van der Waals surface area (Å²) in [5, 5.41) is 14.1. The number of fused-ring (bicyclic) bond motifs is 1. The second-order valence-corrected chi connectivity index (χ2v) is 4.57. The Hall–Kier alpha value is -2.56. The Bertz CT molecular complexity index is 655. The van der Waals surface area contributed by atoms with Crippen LogP contribution < -0.4 is 10.2 Å². The van der Waals surface area contributed by atoms with Crippen LogP contribution in [0.2, 0.25) is 0 Å². The highest BCUT2D eigenvalue weighted by Crippen LogP contribution is 2.35. The minimum Gasteiger partial charge on any atom is -0.366 e. The average Bonchev–Trinajstić information content (AvgIpc) is 2.80. The van der Waals surface area contributed by atoms with E-state index in [-0.39, 0.29) is 10.6 Å². The molecule has 0 aliphatic carbocycles. The van der Waals surface area contributed by atoms with E-state index in [2.05, 4.69) is 10.2 Å². The fourth-order valence-electron chi connectivity index (χ4n) is 2.26. The first-order chi connectivity index (χ1) is 9.15. The van der Waals surface area contributed by atoms with Gasteiger partial charge in [-0.3, -0.25) is 10.1 Å². The van der Waals surface area contributed by atoms with E-state index in [0.29, 0.717) is 0 Å². The largest absolute Gasteiger partial charge is 0.366 e. The Kier molecular flexibility index (Phi) is 2.59. The SMILES string of the molecule is CN1CNc2ccc(-c3cccc([N+](=O)[O-])c3)cc21. The van der Waals surface area contributed by atoms with Crippen LogP contribution in [0.15, 0.2) is 42.5 Å². The summed E-state index contributed by atoms with van der Waals surface area (Å²) in [5.41, 5.74) is 4.17. The summed E-state index contributed by atoms with van der Waals surface area (Å²) in [5.74, 6) is 0. The Labute approximate surface area is 110 Å². The summed E-state index contributed by atoms with van der Waals surface area (Å²) in [6.07, 6.45) is 0. The maximum absolute atomic E-state index is 10.8. The molecule has 0 saturated heterocycles. The lowest BCUT2D eigenvalue weighted by Gasteiger charge is -2.11. The van der Waals surface area contributed by atoms with Gasteiger partial charge in [-0.1, -0.05) is 18.2 Å². The van der Waals surface area contributed by atoms with E-state index in [9.17, 15) is 10.1 Å². The van der Waals surface area contributed by atoms with Crippen LogP contribution in [0.5, 0.6) is 0 Å². The third-order valence-corrected chi connectivity index (χ3v) is 3.31. The Morgan fingerprint density at radius 1 is 1.21 bits per heavy atom. The molecule has 0 fully saturated rings. The molecule has 19 heavy (non-hydrogen) atoms. The summed E-state index contributed by atoms with van der Waals surface area (Å²) in [6.45, 7) is 0.785. The van der Waals surface area contributed by atoms with Gasteiger partial charge in [0, 0.05) is 19.2 Å². The molecule has 0 amide bonds. The fourth-order valence-corrected chi connectivity index (χ4v) is 2.26. The third-order valence-electron chi connectivity index (χ3n) is 3.31. The number of nitrogens with one attached hydrogen (secondary N) is 1. The lowest BCUT2D eigenvalue weighted by molar-refractivity contribution is -0.384. The predicted octanol–water partition coefficient (Wildman–Crippen LogP) is 3.08. The van der Waals surface area contributed by atoms with Crippen molar-refractivity contribution in [1.29, 1.82) is 0 Å². The van der Waals surface area contributed by atoms with Crippen molar-refractivity contribution in [2.75, 3.05) is 23.9 Å². The van der Waals surface area contributed by atoms with Crippen molar-refractivity contribution < 1.29 is 4.92 Å². The van der Waals surface area contributed by atoms with Gasteiger partial charge in [-0.25, -0.2) is 0 Å². The Morgan fingerprint density at radius 3 is 2.79 bits per heavy atom. The average molecular weight is 255 g/mol. The lowest BCUT2D eigenvalue weighted by atomic mass is 10.0. The van der Waals surface area contributed by atoms with Crippen molar-refractivity contribution in [3.05, 3.63) is 52.6 Å². The van der Waals surface area contributed by atoms with Gasteiger partial charge in [0.1, 0.15) is 0 Å². The van der Waals surface area contributed by atoms with E-state index in [1.165, 1.54) is 6.07 Å². The van der Waals surface area contributed by atoms with Crippen molar-refractivity contribution >= 4 is 17.1 Å². The number of benzene rings is 2. The van der Waals surface area contributed by atoms with Gasteiger partial charge >= 0.3 is 0 Å². The summed E-state index contributed by atoms with van der Waals surface area (Å²) in [7, 11) is 2.01. The first-order valence-electron chi connectivity index (χ1n) is 5.99. The number of nitrogens with zero attached hydrogens (tertiary/aromatic N) is 2. The summed E-state index contributed by atoms with van der Waals surface area (Å²) >= 11 is 0. The van der Waals surface area contributed by atoms with Crippen LogP contribution in [0.3, 0.4) is 0 Å². The minimum atomic E-state index is -0.370. The first-order valence-corrected chi connectivity index (χ1v) is 5.99. The van der Waals surface area contributed by atoms with Crippen LogP contribution in [0.25, 0.3) is 11.1 Å². The maximum atomic E-state index is 10.8. The van der Waals surface area contributed by atoms with E-state index in [0.717, 1.165) is 29.2 Å². The van der Waals surface area contributed by atoms with Gasteiger partial charge in [0.05, 0.1) is 23.0 Å². The van der Waals surface area contributed by atoms with E-state index < -0.39 is 0 Å². The van der Waals surface area contributed by atoms with Crippen LogP contribution in [0.1, 0.15) is 0 Å². The number of hydrogen-bond acceptors (Lipinski definition) is 4. The topological polar surface area (TPSA) is 58.4 Å². The Morgan fingerprint density at radius 2 is 2.00 bits per heavy atom. The molecule has 96 valence electrons. The third kappa shape index (κ3) is 1.99. The van der Waals surface area contributed by atoms with Gasteiger partial charge in [0.25, 0.3) is 5.69 Å². The highest BCUT2D eigenvalue weighted by Gasteiger charge is 2.16. The number of hydrogen-bond donors (Lipinski definition) is 1.